The van der Waals surface area contributed by atoms with E-state index in [4.69, 9.17) is 4.74 Å². The third kappa shape index (κ3) is 4.49. The number of hydrogen-bond donors (Lipinski definition) is 2. The van der Waals surface area contributed by atoms with Crippen molar-refractivity contribution in [1.29, 1.82) is 0 Å². The van der Waals surface area contributed by atoms with Gasteiger partial charge >= 0.3 is 0 Å². The molecule has 0 saturated heterocycles. The number of anilines is 1. The molecule has 0 aliphatic rings. The number of hydrogen-bond acceptors (Lipinski definition) is 4. The highest BCUT2D eigenvalue weighted by molar-refractivity contribution is 5.36. The summed E-state index contributed by atoms with van der Waals surface area (Å²) < 4.78 is 5.34. The molecule has 1 aromatic heterocycles. The number of nitrogens with one attached hydrogen (secondary N) is 2. The van der Waals surface area contributed by atoms with Crippen LogP contribution < -0.4 is 15.4 Å². The molecule has 0 aromatic carbocycles. The van der Waals surface area contributed by atoms with Crippen molar-refractivity contribution in [3.63, 3.8) is 0 Å². The van der Waals surface area contributed by atoms with Gasteiger partial charge in [-0.15, -0.1) is 0 Å². The van der Waals surface area contributed by atoms with Gasteiger partial charge in [-0.1, -0.05) is 13.0 Å². The standard InChI is InChI=1S/C12H21N3O/c1-4-16-12-7-5-6-11(15-12)14-9-10(2)8-13-3/h5-7,10,13H,4,8-9H2,1-3H3,(H,14,15). The highest BCUT2D eigenvalue weighted by atomic mass is 16.5. The van der Waals surface area contributed by atoms with Gasteiger partial charge in [-0.3, -0.25) is 0 Å². The van der Waals surface area contributed by atoms with Crippen LogP contribution in [0.2, 0.25) is 0 Å². The number of ether oxygens (including phenoxy) is 1. The van der Waals surface area contributed by atoms with Gasteiger partial charge in [0.15, 0.2) is 0 Å². The topological polar surface area (TPSA) is 46.2 Å². The smallest absolute Gasteiger partial charge is 0.215 e. The number of rotatable bonds is 7. The Morgan fingerprint density at radius 1 is 1.38 bits per heavy atom. The van der Waals surface area contributed by atoms with Gasteiger partial charge in [-0.25, -0.2) is 0 Å². The van der Waals surface area contributed by atoms with Gasteiger partial charge < -0.3 is 15.4 Å². The van der Waals surface area contributed by atoms with Crippen molar-refractivity contribution in [3.8, 4) is 5.88 Å². The fourth-order valence-corrected chi connectivity index (χ4v) is 1.44. The van der Waals surface area contributed by atoms with Gasteiger partial charge in [0.05, 0.1) is 6.61 Å². The van der Waals surface area contributed by atoms with Crippen LogP contribution in [0.1, 0.15) is 13.8 Å². The zero-order valence-corrected chi connectivity index (χ0v) is 10.3. The molecule has 1 aromatic rings. The Bertz CT molecular complexity index is 304. The average molecular weight is 223 g/mol. The lowest BCUT2D eigenvalue weighted by atomic mass is 10.2. The Labute approximate surface area is 97.4 Å². The first kappa shape index (κ1) is 12.8. The molecule has 0 aliphatic heterocycles. The first-order chi connectivity index (χ1) is 7.76. The van der Waals surface area contributed by atoms with Crippen LogP contribution >= 0.6 is 0 Å². The maximum atomic E-state index is 5.34. The third-order valence-electron chi connectivity index (χ3n) is 2.20. The summed E-state index contributed by atoms with van der Waals surface area (Å²) in [7, 11) is 1.96. The molecule has 1 unspecified atom stereocenters. The number of aromatic nitrogens is 1. The number of nitrogens with zero attached hydrogens (tertiary/aromatic N) is 1. The van der Waals surface area contributed by atoms with Crippen molar-refractivity contribution in [1.82, 2.24) is 10.3 Å². The molecular weight excluding hydrogens is 202 g/mol. The molecule has 0 bridgehead atoms. The molecule has 0 radical (unpaired) electrons. The lowest BCUT2D eigenvalue weighted by Gasteiger charge is -2.12. The fraction of sp³-hybridized carbons (Fsp3) is 0.583. The first-order valence-electron chi connectivity index (χ1n) is 5.74. The maximum Gasteiger partial charge on any atom is 0.215 e. The van der Waals surface area contributed by atoms with Crippen LogP contribution in [0.15, 0.2) is 18.2 Å². The molecule has 1 heterocycles. The van der Waals surface area contributed by atoms with Crippen molar-refractivity contribution >= 4 is 5.82 Å². The molecule has 4 heteroatoms. The van der Waals surface area contributed by atoms with E-state index in [0.717, 1.165) is 18.9 Å². The van der Waals surface area contributed by atoms with Crippen LogP contribution in [-0.4, -0.2) is 31.7 Å². The van der Waals surface area contributed by atoms with Gasteiger partial charge in [0.1, 0.15) is 5.82 Å². The molecule has 0 amide bonds. The Balaban J connectivity index is 2.44. The molecule has 0 saturated carbocycles. The minimum Gasteiger partial charge on any atom is -0.478 e. The SMILES string of the molecule is CCOc1cccc(NCC(C)CNC)n1. The summed E-state index contributed by atoms with van der Waals surface area (Å²) >= 11 is 0. The highest BCUT2D eigenvalue weighted by Crippen LogP contribution is 2.11. The zero-order valence-electron chi connectivity index (χ0n) is 10.3. The number of pyridine rings is 1. The Morgan fingerprint density at radius 2 is 2.19 bits per heavy atom. The highest BCUT2D eigenvalue weighted by Gasteiger charge is 2.01. The van der Waals surface area contributed by atoms with Gasteiger partial charge in [0, 0.05) is 12.6 Å². The lowest BCUT2D eigenvalue weighted by Crippen LogP contribution is -2.23. The monoisotopic (exact) mass is 223 g/mol. The summed E-state index contributed by atoms with van der Waals surface area (Å²) in [6.07, 6.45) is 0. The molecule has 1 atom stereocenters. The largest absolute Gasteiger partial charge is 0.478 e. The Kier molecular flexibility index (Phi) is 5.64. The molecule has 1 rings (SSSR count). The van der Waals surface area contributed by atoms with Gasteiger partial charge in [-0.05, 0) is 32.5 Å². The first-order valence-corrected chi connectivity index (χ1v) is 5.74. The second-order valence-electron chi connectivity index (χ2n) is 3.84. The van der Waals surface area contributed by atoms with Crippen LogP contribution in [0.25, 0.3) is 0 Å². The zero-order chi connectivity index (χ0) is 11.8. The second kappa shape index (κ2) is 7.06. The normalized spacial score (nSPS) is 12.2. The average Bonchev–Trinajstić information content (AvgIpc) is 2.28. The van der Waals surface area contributed by atoms with E-state index in [9.17, 15) is 0 Å². The lowest BCUT2D eigenvalue weighted by molar-refractivity contribution is 0.327. The van der Waals surface area contributed by atoms with E-state index < -0.39 is 0 Å². The summed E-state index contributed by atoms with van der Waals surface area (Å²) in [5.41, 5.74) is 0. The molecule has 90 valence electrons. The van der Waals surface area contributed by atoms with Crippen molar-refractivity contribution in [2.45, 2.75) is 13.8 Å². The summed E-state index contributed by atoms with van der Waals surface area (Å²) in [5.74, 6) is 2.12. The van der Waals surface area contributed by atoms with Crippen LogP contribution in [0.3, 0.4) is 0 Å². The van der Waals surface area contributed by atoms with E-state index in [2.05, 4.69) is 22.5 Å². The summed E-state index contributed by atoms with van der Waals surface area (Å²) in [5, 5.41) is 6.45. The van der Waals surface area contributed by atoms with E-state index in [1.165, 1.54) is 0 Å². The minimum atomic E-state index is 0.572. The van der Waals surface area contributed by atoms with Crippen LogP contribution in [0, 0.1) is 5.92 Å². The van der Waals surface area contributed by atoms with E-state index in [1.807, 2.05) is 32.2 Å². The molecular formula is C12H21N3O. The predicted molar refractivity (Wildman–Crippen MR) is 67.0 cm³/mol. The van der Waals surface area contributed by atoms with Gasteiger partial charge in [0.25, 0.3) is 0 Å². The summed E-state index contributed by atoms with van der Waals surface area (Å²) in [6.45, 7) is 6.70. The predicted octanol–water partition coefficient (Wildman–Crippen LogP) is 1.75. The quantitative estimate of drug-likeness (QED) is 0.739. The molecule has 0 spiro atoms. The van der Waals surface area contributed by atoms with Gasteiger partial charge in [0.2, 0.25) is 5.88 Å². The van der Waals surface area contributed by atoms with Crippen molar-refractivity contribution < 1.29 is 4.74 Å². The molecule has 2 N–H and O–H groups in total. The Hall–Kier alpha value is -1.29. The molecule has 4 nitrogen and oxygen atoms in total. The van der Waals surface area contributed by atoms with E-state index in [1.54, 1.807) is 0 Å². The van der Waals surface area contributed by atoms with Crippen molar-refractivity contribution in [2.75, 3.05) is 32.1 Å². The van der Waals surface area contributed by atoms with Crippen LogP contribution in [0.4, 0.5) is 5.82 Å². The van der Waals surface area contributed by atoms with E-state index >= 15 is 0 Å². The van der Waals surface area contributed by atoms with Crippen LogP contribution in [-0.2, 0) is 0 Å². The molecule has 0 fully saturated rings. The summed E-state index contributed by atoms with van der Waals surface area (Å²) in [4.78, 5) is 4.34. The summed E-state index contributed by atoms with van der Waals surface area (Å²) in [6, 6.07) is 5.77. The van der Waals surface area contributed by atoms with Crippen molar-refractivity contribution in [2.24, 2.45) is 5.92 Å². The minimum absolute atomic E-state index is 0.572. The van der Waals surface area contributed by atoms with Crippen molar-refractivity contribution in [3.05, 3.63) is 18.2 Å². The van der Waals surface area contributed by atoms with Gasteiger partial charge in [-0.2, -0.15) is 4.98 Å². The van der Waals surface area contributed by atoms with E-state index in [-0.39, 0.29) is 0 Å². The van der Waals surface area contributed by atoms with E-state index in [0.29, 0.717) is 18.4 Å². The Morgan fingerprint density at radius 3 is 2.88 bits per heavy atom. The molecule has 16 heavy (non-hydrogen) atoms. The second-order valence-corrected chi connectivity index (χ2v) is 3.84. The van der Waals surface area contributed by atoms with Crippen LogP contribution in [0.5, 0.6) is 5.88 Å². The fourth-order valence-electron chi connectivity index (χ4n) is 1.44. The molecule has 0 aliphatic carbocycles. The maximum absolute atomic E-state index is 5.34. The third-order valence-corrected chi connectivity index (χ3v) is 2.20.